The largest absolute Gasteiger partial charge is 0.503 e. The van der Waals surface area contributed by atoms with Crippen molar-refractivity contribution in [3.05, 3.63) is 12.2 Å². The van der Waals surface area contributed by atoms with Crippen LogP contribution in [-0.4, -0.2) is 14.5 Å². The van der Waals surface area contributed by atoms with Crippen molar-refractivity contribution in [2.75, 3.05) is 0 Å². The van der Waals surface area contributed by atoms with Gasteiger partial charge in [0, 0.05) is 0 Å². The minimum atomic E-state index is -3.94. The highest BCUT2D eigenvalue weighted by Gasteiger charge is 2.26. The molecule has 1 aliphatic rings. The minimum Gasteiger partial charge on any atom is -0.459 e. The second kappa shape index (κ2) is 18.6. The molecule has 0 radical (unpaired) electrons. The summed E-state index contributed by atoms with van der Waals surface area (Å²) in [6.07, 6.45) is 26.4. The van der Waals surface area contributed by atoms with Crippen LogP contribution in [-0.2, 0) is 23.5 Å². The van der Waals surface area contributed by atoms with Gasteiger partial charge in [0.1, 0.15) is 6.10 Å². The maximum absolute atomic E-state index is 11.2. The molecule has 1 aliphatic heterocycles. The molecule has 0 fully saturated rings. The molecule has 0 aliphatic carbocycles. The van der Waals surface area contributed by atoms with E-state index in [1.165, 1.54) is 103 Å². The average Bonchev–Trinajstić information content (AvgIpc) is 3.09. The highest BCUT2D eigenvalue weighted by molar-refractivity contribution is 7.82. The second-order valence-corrected chi connectivity index (χ2v) is 10.2. The van der Waals surface area contributed by atoms with Gasteiger partial charge in [-0.25, -0.2) is 0 Å². The van der Waals surface area contributed by atoms with E-state index in [-0.39, 0.29) is 12.0 Å². The van der Waals surface area contributed by atoms with Crippen LogP contribution in [0.5, 0.6) is 0 Å². The Hall–Kier alpha value is -0.910. The predicted molar refractivity (Wildman–Crippen MR) is 128 cm³/mol. The van der Waals surface area contributed by atoms with Crippen molar-refractivity contribution in [2.24, 2.45) is 0 Å². The number of hydrogen-bond acceptors (Lipinski definition) is 5. The smallest absolute Gasteiger partial charge is 0.459 e. The summed E-state index contributed by atoms with van der Waals surface area (Å²) in [5.74, 6) is -0.0224. The molecule has 1 unspecified atom stereocenters. The minimum absolute atomic E-state index is 0.00247. The van der Waals surface area contributed by atoms with Crippen LogP contribution in [0.1, 0.15) is 142 Å². The van der Waals surface area contributed by atoms with E-state index < -0.39 is 10.4 Å². The van der Waals surface area contributed by atoms with Crippen molar-refractivity contribution in [1.82, 2.24) is 0 Å². The molecule has 184 valence electrons. The van der Waals surface area contributed by atoms with Gasteiger partial charge in [-0.1, -0.05) is 117 Å². The van der Waals surface area contributed by atoms with Crippen LogP contribution in [0.4, 0.5) is 0 Å². The molecule has 0 bridgehead atoms. The molecular weight excluding hydrogens is 412 g/mol. The Morgan fingerprint density at radius 1 is 0.677 bits per heavy atom. The van der Waals surface area contributed by atoms with E-state index in [4.69, 9.17) is 8.92 Å². The lowest BCUT2D eigenvalue weighted by molar-refractivity contribution is 0.0355. The fraction of sp³-hybridized carbons (Fsp3) is 0.920. The zero-order valence-corrected chi connectivity index (χ0v) is 21.1. The highest BCUT2D eigenvalue weighted by Crippen LogP contribution is 2.23. The molecule has 1 heterocycles. The first kappa shape index (κ1) is 28.1. The third-order valence-corrected chi connectivity index (χ3v) is 6.69. The van der Waals surface area contributed by atoms with Gasteiger partial charge in [0.15, 0.2) is 6.26 Å². The predicted octanol–water partition coefficient (Wildman–Crippen LogP) is 8.30. The molecule has 0 saturated carbocycles. The van der Waals surface area contributed by atoms with E-state index >= 15 is 0 Å². The Balaban J connectivity index is 2.04. The Kier molecular flexibility index (Phi) is 16.9. The van der Waals surface area contributed by atoms with Crippen LogP contribution in [0, 0.1) is 0 Å². The maximum atomic E-state index is 11.2. The summed E-state index contributed by atoms with van der Waals surface area (Å²) >= 11 is 0. The topological polar surface area (TPSA) is 61.8 Å². The summed E-state index contributed by atoms with van der Waals surface area (Å²) in [4.78, 5) is 0. The van der Waals surface area contributed by atoms with Gasteiger partial charge in [0.25, 0.3) is 0 Å². The summed E-state index contributed by atoms with van der Waals surface area (Å²) in [5, 5.41) is 0. The second-order valence-electron chi connectivity index (χ2n) is 9.00. The molecule has 0 aromatic heterocycles. The molecule has 5 nitrogen and oxygen atoms in total. The Morgan fingerprint density at radius 3 is 1.45 bits per heavy atom. The molecule has 31 heavy (non-hydrogen) atoms. The van der Waals surface area contributed by atoms with Gasteiger partial charge in [0.05, 0.1) is 0 Å². The lowest BCUT2D eigenvalue weighted by Crippen LogP contribution is -2.14. The van der Waals surface area contributed by atoms with Gasteiger partial charge in [-0.3, -0.25) is 0 Å². The van der Waals surface area contributed by atoms with E-state index in [9.17, 15) is 8.42 Å². The van der Waals surface area contributed by atoms with Crippen molar-refractivity contribution in [3.63, 3.8) is 0 Å². The molecule has 1 rings (SSSR count). The van der Waals surface area contributed by atoms with Gasteiger partial charge >= 0.3 is 16.3 Å². The van der Waals surface area contributed by atoms with Gasteiger partial charge in [0.2, 0.25) is 0 Å². The van der Waals surface area contributed by atoms with Gasteiger partial charge < -0.3 is 13.1 Å². The third kappa shape index (κ3) is 16.4. The highest BCUT2D eigenvalue weighted by atomic mass is 32.3. The first-order valence-electron chi connectivity index (χ1n) is 13.1. The van der Waals surface area contributed by atoms with Gasteiger partial charge in [-0.15, -0.1) is 8.42 Å². The summed E-state index contributed by atoms with van der Waals surface area (Å²) in [7, 11) is -3.94. The zero-order valence-electron chi connectivity index (χ0n) is 20.2. The van der Waals surface area contributed by atoms with Crippen LogP contribution in [0.2, 0.25) is 0 Å². The van der Waals surface area contributed by atoms with Crippen molar-refractivity contribution in [2.45, 2.75) is 148 Å². The lowest BCUT2D eigenvalue weighted by Gasteiger charge is -2.18. The standard InChI is InChI=1S/C25H48O5S/c1-3-5-7-9-10-11-12-13-14-15-16-17-18-20-22-24(21-19-8-6-4-2)29-25-23-28-31(26,27)30-25/h23-24H,3-22H2,1-2H3. The van der Waals surface area contributed by atoms with Crippen molar-refractivity contribution < 1.29 is 21.5 Å². The van der Waals surface area contributed by atoms with Crippen LogP contribution < -0.4 is 0 Å². The number of unbranched alkanes of at least 4 members (excludes halogenated alkanes) is 16. The zero-order chi connectivity index (χ0) is 22.6. The fourth-order valence-electron chi connectivity index (χ4n) is 4.08. The quantitative estimate of drug-likeness (QED) is 0.152. The molecule has 0 spiro atoms. The first-order chi connectivity index (χ1) is 15.1. The molecule has 6 heteroatoms. The average molecular weight is 461 g/mol. The Bertz CT molecular complexity index is 544. The fourth-order valence-corrected chi connectivity index (χ4v) is 4.59. The Labute approximate surface area is 192 Å². The van der Waals surface area contributed by atoms with E-state index in [0.29, 0.717) is 0 Å². The van der Waals surface area contributed by atoms with E-state index in [2.05, 4.69) is 18.0 Å². The normalized spacial score (nSPS) is 15.9. The van der Waals surface area contributed by atoms with Gasteiger partial charge in [-0.05, 0) is 25.7 Å². The van der Waals surface area contributed by atoms with Crippen LogP contribution in [0.25, 0.3) is 0 Å². The molecule has 1 atom stereocenters. The maximum Gasteiger partial charge on any atom is 0.503 e. The molecular formula is C25H48O5S. The number of ether oxygens (including phenoxy) is 1. The molecule has 0 amide bonds. The molecule has 0 saturated heterocycles. The van der Waals surface area contributed by atoms with Crippen LogP contribution in [0.3, 0.4) is 0 Å². The van der Waals surface area contributed by atoms with Crippen molar-refractivity contribution in [3.8, 4) is 0 Å². The summed E-state index contributed by atoms with van der Waals surface area (Å²) in [6, 6.07) is 0. The van der Waals surface area contributed by atoms with E-state index in [0.717, 1.165) is 31.9 Å². The molecule has 0 aromatic carbocycles. The number of rotatable bonds is 22. The SMILES string of the molecule is CCCCCCCCCCCCCCCCC(CCCCCC)OC1=COS(=O)(=O)O1. The lowest BCUT2D eigenvalue weighted by atomic mass is 10.0. The molecule has 0 N–H and O–H groups in total. The first-order valence-corrected chi connectivity index (χ1v) is 14.4. The Morgan fingerprint density at radius 2 is 1.06 bits per heavy atom. The molecule has 0 aromatic rings. The van der Waals surface area contributed by atoms with Crippen molar-refractivity contribution >= 4 is 10.4 Å². The van der Waals surface area contributed by atoms with Crippen molar-refractivity contribution in [1.29, 1.82) is 0 Å². The van der Waals surface area contributed by atoms with Crippen LogP contribution >= 0.6 is 0 Å². The monoisotopic (exact) mass is 460 g/mol. The van der Waals surface area contributed by atoms with E-state index in [1.54, 1.807) is 0 Å². The number of hydrogen-bond donors (Lipinski definition) is 0. The summed E-state index contributed by atoms with van der Waals surface area (Å²) in [5.41, 5.74) is 0. The van der Waals surface area contributed by atoms with Crippen LogP contribution in [0.15, 0.2) is 12.2 Å². The third-order valence-electron chi connectivity index (χ3n) is 5.99. The van der Waals surface area contributed by atoms with E-state index in [1.807, 2.05) is 0 Å². The summed E-state index contributed by atoms with van der Waals surface area (Å²) < 4.78 is 37.5. The van der Waals surface area contributed by atoms with Gasteiger partial charge in [-0.2, -0.15) is 0 Å². The summed E-state index contributed by atoms with van der Waals surface area (Å²) in [6.45, 7) is 4.47.